The zero-order valence-electron chi connectivity index (χ0n) is 7.70. The van der Waals surface area contributed by atoms with Crippen molar-refractivity contribution in [3.05, 3.63) is 30.3 Å². The summed E-state index contributed by atoms with van der Waals surface area (Å²) in [7, 11) is 0. The summed E-state index contributed by atoms with van der Waals surface area (Å²) in [6.07, 6.45) is -0.323. The van der Waals surface area contributed by atoms with Gasteiger partial charge in [0.15, 0.2) is 6.23 Å². The van der Waals surface area contributed by atoms with Gasteiger partial charge in [0, 0.05) is 18.7 Å². The molecule has 1 aromatic carbocycles. The molecular formula is C10H12NO2. The molecule has 0 spiro atoms. The topological polar surface area (TPSA) is 38.3 Å². The fourth-order valence-corrected chi connectivity index (χ4v) is 0.981. The van der Waals surface area contributed by atoms with Crippen LogP contribution in [0.25, 0.3) is 0 Å². The first kappa shape index (κ1) is 9.58. The van der Waals surface area contributed by atoms with E-state index in [1.807, 2.05) is 18.2 Å². The summed E-state index contributed by atoms with van der Waals surface area (Å²) in [6.45, 7) is 3.15. The Labute approximate surface area is 77.7 Å². The van der Waals surface area contributed by atoms with E-state index >= 15 is 0 Å². The van der Waals surface area contributed by atoms with Gasteiger partial charge >= 0.3 is 5.97 Å². The van der Waals surface area contributed by atoms with Crippen molar-refractivity contribution in [1.29, 1.82) is 0 Å². The van der Waals surface area contributed by atoms with Gasteiger partial charge in [-0.2, -0.15) is 0 Å². The standard InChI is InChI=1S/C10H12NO2/c1-8(13-9(2)12)11-10-6-4-3-5-7-10/h3-6,8,11H,1-2H3. The van der Waals surface area contributed by atoms with Crippen molar-refractivity contribution in [2.75, 3.05) is 5.32 Å². The van der Waals surface area contributed by atoms with Crippen molar-refractivity contribution >= 4 is 11.7 Å². The zero-order chi connectivity index (χ0) is 9.68. The molecule has 0 saturated heterocycles. The lowest BCUT2D eigenvalue weighted by Gasteiger charge is -2.14. The summed E-state index contributed by atoms with van der Waals surface area (Å²) >= 11 is 0. The van der Waals surface area contributed by atoms with Gasteiger partial charge in [0.2, 0.25) is 0 Å². The van der Waals surface area contributed by atoms with E-state index in [9.17, 15) is 4.79 Å². The Bertz CT molecular complexity index is 272. The fraction of sp³-hybridized carbons (Fsp3) is 0.300. The molecule has 1 rings (SSSR count). The van der Waals surface area contributed by atoms with E-state index in [1.165, 1.54) is 6.92 Å². The molecule has 1 aromatic rings. The van der Waals surface area contributed by atoms with Crippen LogP contribution in [0.1, 0.15) is 13.8 Å². The van der Waals surface area contributed by atoms with Gasteiger partial charge in [0.1, 0.15) is 0 Å². The molecule has 0 aromatic heterocycles. The number of para-hydroxylation sites is 1. The van der Waals surface area contributed by atoms with Crippen molar-refractivity contribution in [2.24, 2.45) is 0 Å². The van der Waals surface area contributed by atoms with Gasteiger partial charge in [-0.05, 0) is 13.0 Å². The number of rotatable bonds is 3. The molecule has 0 aliphatic carbocycles. The largest absolute Gasteiger partial charge is 0.442 e. The lowest BCUT2D eigenvalue weighted by molar-refractivity contribution is -0.144. The summed E-state index contributed by atoms with van der Waals surface area (Å²) in [5, 5.41) is 2.97. The van der Waals surface area contributed by atoms with Crippen molar-refractivity contribution in [3.63, 3.8) is 0 Å². The van der Waals surface area contributed by atoms with Gasteiger partial charge < -0.3 is 10.1 Å². The van der Waals surface area contributed by atoms with Gasteiger partial charge in [-0.25, -0.2) is 0 Å². The second-order valence-electron chi connectivity index (χ2n) is 2.67. The van der Waals surface area contributed by atoms with Crippen molar-refractivity contribution in [1.82, 2.24) is 0 Å². The highest BCUT2D eigenvalue weighted by atomic mass is 16.6. The van der Waals surface area contributed by atoms with Crippen LogP contribution >= 0.6 is 0 Å². The molecule has 0 fully saturated rings. The molecule has 3 heteroatoms. The molecule has 0 saturated carbocycles. The second-order valence-corrected chi connectivity index (χ2v) is 2.67. The van der Waals surface area contributed by atoms with E-state index in [0.717, 1.165) is 5.69 Å². The van der Waals surface area contributed by atoms with Crippen LogP contribution in [0.5, 0.6) is 0 Å². The van der Waals surface area contributed by atoms with Gasteiger partial charge in [0.25, 0.3) is 0 Å². The highest BCUT2D eigenvalue weighted by Crippen LogP contribution is 2.06. The van der Waals surface area contributed by atoms with Crippen molar-refractivity contribution < 1.29 is 9.53 Å². The highest BCUT2D eigenvalue weighted by molar-refractivity contribution is 5.66. The molecule has 1 atom stereocenters. The van der Waals surface area contributed by atoms with Gasteiger partial charge in [-0.15, -0.1) is 0 Å². The molecular weight excluding hydrogens is 166 g/mol. The molecule has 1 radical (unpaired) electrons. The number of nitrogens with one attached hydrogen (secondary N) is 1. The zero-order valence-corrected chi connectivity index (χ0v) is 7.70. The Morgan fingerprint density at radius 3 is 2.92 bits per heavy atom. The van der Waals surface area contributed by atoms with Crippen LogP contribution in [0.3, 0.4) is 0 Å². The lowest BCUT2D eigenvalue weighted by atomic mass is 10.3. The Morgan fingerprint density at radius 2 is 2.38 bits per heavy atom. The monoisotopic (exact) mass is 178 g/mol. The predicted molar refractivity (Wildman–Crippen MR) is 50.1 cm³/mol. The molecule has 0 heterocycles. The molecule has 13 heavy (non-hydrogen) atoms. The summed E-state index contributed by atoms with van der Waals surface area (Å²) in [5.41, 5.74) is 0.816. The Morgan fingerprint density at radius 1 is 1.62 bits per heavy atom. The second kappa shape index (κ2) is 4.50. The molecule has 0 aliphatic rings. The predicted octanol–water partition coefficient (Wildman–Crippen LogP) is 1.81. The number of carbonyl (C=O) groups is 1. The normalized spacial score (nSPS) is 11.8. The summed E-state index contributed by atoms with van der Waals surface area (Å²) < 4.78 is 4.88. The molecule has 0 aliphatic heterocycles. The third-order valence-electron chi connectivity index (χ3n) is 1.41. The molecule has 1 N–H and O–H groups in total. The average molecular weight is 178 g/mol. The van der Waals surface area contributed by atoms with Gasteiger partial charge in [0.05, 0.1) is 0 Å². The highest BCUT2D eigenvalue weighted by Gasteiger charge is 2.03. The Kier molecular flexibility index (Phi) is 3.31. The fourth-order valence-electron chi connectivity index (χ4n) is 0.981. The first-order valence-corrected chi connectivity index (χ1v) is 4.09. The first-order chi connectivity index (χ1) is 6.18. The molecule has 1 unspecified atom stereocenters. The lowest BCUT2D eigenvalue weighted by Crippen LogP contribution is -2.21. The maximum atomic E-state index is 10.6. The van der Waals surface area contributed by atoms with Gasteiger partial charge in [-0.1, -0.05) is 18.2 Å². The molecule has 3 nitrogen and oxygen atoms in total. The summed E-state index contributed by atoms with van der Waals surface area (Å²) in [5.74, 6) is -0.295. The van der Waals surface area contributed by atoms with E-state index in [0.29, 0.717) is 0 Å². The summed E-state index contributed by atoms with van der Waals surface area (Å²) in [6, 6.07) is 10.4. The smallest absolute Gasteiger partial charge is 0.304 e. The van der Waals surface area contributed by atoms with Crippen LogP contribution in [0.2, 0.25) is 0 Å². The van der Waals surface area contributed by atoms with Crippen LogP contribution in [0.15, 0.2) is 24.3 Å². The average Bonchev–Trinajstić information content (AvgIpc) is 2.04. The maximum absolute atomic E-state index is 10.6. The number of hydrogen-bond acceptors (Lipinski definition) is 3. The van der Waals surface area contributed by atoms with E-state index in [-0.39, 0.29) is 12.2 Å². The van der Waals surface area contributed by atoms with Gasteiger partial charge in [-0.3, -0.25) is 4.79 Å². The minimum atomic E-state index is -0.323. The van der Waals surface area contributed by atoms with E-state index in [1.54, 1.807) is 13.0 Å². The van der Waals surface area contributed by atoms with Crippen molar-refractivity contribution in [3.8, 4) is 0 Å². The van der Waals surface area contributed by atoms with Crippen LogP contribution < -0.4 is 5.32 Å². The van der Waals surface area contributed by atoms with E-state index in [4.69, 9.17) is 4.74 Å². The number of carbonyl (C=O) groups excluding carboxylic acids is 1. The van der Waals surface area contributed by atoms with Crippen molar-refractivity contribution in [2.45, 2.75) is 20.1 Å². The number of esters is 1. The van der Waals surface area contributed by atoms with Crippen LogP contribution in [0.4, 0.5) is 5.69 Å². The Hall–Kier alpha value is -1.51. The van der Waals surface area contributed by atoms with E-state index < -0.39 is 0 Å². The molecule has 69 valence electrons. The first-order valence-electron chi connectivity index (χ1n) is 4.09. The third kappa shape index (κ3) is 3.60. The third-order valence-corrected chi connectivity index (χ3v) is 1.41. The molecule has 0 bridgehead atoms. The summed E-state index contributed by atoms with van der Waals surface area (Å²) in [4.78, 5) is 10.6. The van der Waals surface area contributed by atoms with Crippen LogP contribution in [-0.2, 0) is 9.53 Å². The van der Waals surface area contributed by atoms with Crippen LogP contribution in [0, 0.1) is 6.07 Å². The minimum Gasteiger partial charge on any atom is -0.442 e. The Balaban J connectivity index is 2.45. The number of benzene rings is 1. The van der Waals surface area contributed by atoms with Crippen LogP contribution in [-0.4, -0.2) is 12.2 Å². The quantitative estimate of drug-likeness (QED) is 0.566. The maximum Gasteiger partial charge on any atom is 0.304 e. The minimum absolute atomic E-state index is 0.295. The number of ether oxygens (including phenoxy) is 1. The number of hydrogen-bond donors (Lipinski definition) is 1. The SMILES string of the molecule is CC(=O)OC(C)Nc1[c]cccc1. The van der Waals surface area contributed by atoms with E-state index in [2.05, 4.69) is 11.4 Å². The molecule has 0 amide bonds. The number of anilines is 1.